The molecule has 24 heavy (non-hydrogen) atoms. The normalized spacial score (nSPS) is 13.4. The zero-order chi connectivity index (χ0) is 17.5. The van der Waals surface area contributed by atoms with Gasteiger partial charge in [-0.25, -0.2) is 0 Å². The maximum absolute atomic E-state index is 12.7. The lowest BCUT2D eigenvalue weighted by atomic mass is 9.85. The van der Waals surface area contributed by atoms with Gasteiger partial charge in [0.15, 0.2) is 0 Å². The molecule has 2 atom stereocenters. The summed E-state index contributed by atoms with van der Waals surface area (Å²) in [6.45, 7) is 1.22. The molecule has 5 heteroatoms. The number of carbonyl (C=O) groups is 1. The zero-order valence-corrected chi connectivity index (χ0v) is 13.7. The SMILES string of the molecule is CC[C@@H](C)[C@@H](C(=O)Nc1ccc(OC(F)F)cc1)c1ccccc1. The van der Waals surface area contributed by atoms with Gasteiger partial charge < -0.3 is 10.1 Å². The van der Waals surface area contributed by atoms with Crippen LogP contribution in [-0.4, -0.2) is 12.5 Å². The molecule has 0 aliphatic heterocycles. The predicted octanol–water partition coefficient (Wildman–Crippen LogP) is 5.06. The molecule has 0 bridgehead atoms. The maximum atomic E-state index is 12.7. The minimum Gasteiger partial charge on any atom is -0.435 e. The average Bonchev–Trinajstić information content (AvgIpc) is 2.57. The molecule has 1 amide bonds. The van der Waals surface area contributed by atoms with E-state index in [0.29, 0.717) is 5.69 Å². The van der Waals surface area contributed by atoms with Crippen molar-refractivity contribution in [1.29, 1.82) is 0 Å². The molecule has 0 radical (unpaired) electrons. The van der Waals surface area contributed by atoms with Crippen molar-refractivity contribution in [2.24, 2.45) is 5.92 Å². The van der Waals surface area contributed by atoms with E-state index in [0.717, 1.165) is 12.0 Å². The van der Waals surface area contributed by atoms with Crippen LogP contribution in [0.4, 0.5) is 14.5 Å². The van der Waals surface area contributed by atoms with Crippen molar-refractivity contribution >= 4 is 11.6 Å². The van der Waals surface area contributed by atoms with Gasteiger partial charge in [-0.05, 0) is 35.7 Å². The van der Waals surface area contributed by atoms with Crippen LogP contribution in [-0.2, 0) is 4.79 Å². The number of hydrogen-bond acceptors (Lipinski definition) is 2. The fraction of sp³-hybridized carbons (Fsp3) is 0.316. The second-order valence-corrected chi connectivity index (χ2v) is 5.67. The Morgan fingerprint density at radius 3 is 2.25 bits per heavy atom. The molecule has 2 rings (SSSR count). The van der Waals surface area contributed by atoms with Gasteiger partial charge in [0.2, 0.25) is 5.91 Å². The van der Waals surface area contributed by atoms with E-state index in [1.165, 1.54) is 12.1 Å². The van der Waals surface area contributed by atoms with E-state index < -0.39 is 6.61 Å². The number of benzene rings is 2. The van der Waals surface area contributed by atoms with Crippen LogP contribution < -0.4 is 10.1 Å². The van der Waals surface area contributed by atoms with Gasteiger partial charge in [-0.1, -0.05) is 50.6 Å². The number of ether oxygens (including phenoxy) is 1. The van der Waals surface area contributed by atoms with Crippen molar-refractivity contribution in [3.8, 4) is 5.75 Å². The summed E-state index contributed by atoms with van der Waals surface area (Å²) in [5.74, 6) is -0.148. The van der Waals surface area contributed by atoms with E-state index in [9.17, 15) is 13.6 Å². The molecular formula is C19H21F2NO2. The Morgan fingerprint density at radius 1 is 1.08 bits per heavy atom. The van der Waals surface area contributed by atoms with Crippen LogP contribution in [0.15, 0.2) is 54.6 Å². The second-order valence-electron chi connectivity index (χ2n) is 5.67. The number of alkyl halides is 2. The van der Waals surface area contributed by atoms with E-state index >= 15 is 0 Å². The fourth-order valence-electron chi connectivity index (χ4n) is 2.57. The molecule has 0 aromatic heterocycles. The minimum atomic E-state index is -2.86. The summed E-state index contributed by atoms with van der Waals surface area (Å²) in [5.41, 5.74) is 1.51. The Bertz CT molecular complexity index is 644. The molecule has 128 valence electrons. The molecule has 0 aliphatic carbocycles. The van der Waals surface area contributed by atoms with Crippen molar-refractivity contribution in [3.05, 3.63) is 60.2 Å². The highest BCUT2D eigenvalue weighted by molar-refractivity contribution is 5.96. The lowest BCUT2D eigenvalue weighted by molar-refractivity contribution is -0.118. The molecule has 0 spiro atoms. The largest absolute Gasteiger partial charge is 0.435 e. The van der Waals surface area contributed by atoms with Crippen molar-refractivity contribution < 1.29 is 18.3 Å². The lowest BCUT2D eigenvalue weighted by Crippen LogP contribution is -2.26. The van der Waals surface area contributed by atoms with Crippen LogP contribution in [0.25, 0.3) is 0 Å². The third-order valence-corrected chi connectivity index (χ3v) is 4.00. The van der Waals surface area contributed by atoms with Crippen LogP contribution in [0.2, 0.25) is 0 Å². The summed E-state index contributed by atoms with van der Waals surface area (Å²) in [6.07, 6.45) is 0.869. The summed E-state index contributed by atoms with van der Waals surface area (Å²) in [7, 11) is 0. The summed E-state index contributed by atoms with van der Waals surface area (Å²) in [4.78, 5) is 12.7. The second kappa shape index (κ2) is 8.43. The smallest absolute Gasteiger partial charge is 0.387 e. The third-order valence-electron chi connectivity index (χ3n) is 4.00. The molecule has 2 aromatic rings. The summed E-state index contributed by atoms with van der Waals surface area (Å²) in [5, 5.41) is 2.85. The Morgan fingerprint density at radius 2 is 1.71 bits per heavy atom. The molecule has 0 aliphatic rings. The lowest BCUT2D eigenvalue weighted by Gasteiger charge is -2.23. The highest BCUT2D eigenvalue weighted by Crippen LogP contribution is 2.29. The molecule has 0 fully saturated rings. The number of nitrogens with one attached hydrogen (secondary N) is 1. The van der Waals surface area contributed by atoms with Crippen molar-refractivity contribution in [3.63, 3.8) is 0 Å². The van der Waals surface area contributed by atoms with Gasteiger partial charge in [0.05, 0.1) is 5.92 Å². The van der Waals surface area contributed by atoms with Gasteiger partial charge >= 0.3 is 6.61 Å². The highest BCUT2D eigenvalue weighted by atomic mass is 19.3. The summed E-state index contributed by atoms with van der Waals surface area (Å²) < 4.78 is 28.6. The van der Waals surface area contributed by atoms with Crippen LogP contribution >= 0.6 is 0 Å². The van der Waals surface area contributed by atoms with Gasteiger partial charge in [0, 0.05) is 5.69 Å². The molecule has 0 heterocycles. The van der Waals surface area contributed by atoms with Crippen LogP contribution in [0.3, 0.4) is 0 Å². The number of anilines is 1. The first-order valence-corrected chi connectivity index (χ1v) is 7.92. The number of halogens is 2. The van der Waals surface area contributed by atoms with Crippen LogP contribution in [0.1, 0.15) is 31.7 Å². The summed E-state index contributed by atoms with van der Waals surface area (Å²) >= 11 is 0. The predicted molar refractivity (Wildman–Crippen MR) is 90.3 cm³/mol. The van der Waals surface area contributed by atoms with Gasteiger partial charge in [-0.15, -0.1) is 0 Å². The molecule has 1 N–H and O–H groups in total. The van der Waals surface area contributed by atoms with E-state index in [1.54, 1.807) is 12.1 Å². The van der Waals surface area contributed by atoms with Gasteiger partial charge in [-0.3, -0.25) is 4.79 Å². The molecular weight excluding hydrogens is 312 g/mol. The van der Waals surface area contributed by atoms with Crippen molar-refractivity contribution in [1.82, 2.24) is 0 Å². The van der Waals surface area contributed by atoms with Gasteiger partial charge in [0.25, 0.3) is 0 Å². The van der Waals surface area contributed by atoms with Gasteiger partial charge in [-0.2, -0.15) is 8.78 Å². The first-order chi connectivity index (χ1) is 11.5. The molecule has 3 nitrogen and oxygen atoms in total. The molecule has 0 saturated carbocycles. The number of carbonyl (C=O) groups excluding carboxylic acids is 1. The van der Waals surface area contributed by atoms with Gasteiger partial charge in [0.1, 0.15) is 5.75 Å². The molecule has 0 unspecified atom stereocenters. The van der Waals surface area contributed by atoms with E-state index in [2.05, 4.69) is 10.1 Å². The number of amides is 1. The zero-order valence-electron chi connectivity index (χ0n) is 13.7. The average molecular weight is 333 g/mol. The van der Waals surface area contributed by atoms with Crippen LogP contribution in [0.5, 0.6) is 5.75 Å². The van der Waals surface area contributed by atoms with Crippen molar-refractivity contribution in [2.75, 3.05) is 5.32 Å². The summed E-state index contributed by atoms with van der Waals surface area (Å²) in [6, 6.07) is 15.5. The first kappa shape index (κ1) is 17.9. The topological polar surface area (TPSA) is 38.3 Å². The van der Waals surface area contributed by atoms with Crippen LogP contribution in [0, 0.1) is 5.92 Å². The standard InChI is InChI=1S/C19H21F2NO2/c1-3-13(2)17(14-7-5-4-6-8-14)18(23)22-15-9-11-16(12-10-15)24-19(20)21/h4-13,17,19H,3H2,1-2H3,(H,22,23)/t13-,17-/m1/s1. The van der Waals surface area contributed by atoms with Crippen molar-refractivity contribution in [2.45, 2.75) is 32.8 Å². The monoisotopic (exact) mass is 333 g/mol. The highest BCUT2D eigenvalue weighted by Gasteiger charge is 2.25. The van der Waals surface area contributed by atoms with E-state index in [1.807, 2.05) is 44.2 Å². The molecule has 0 saturated heterocycles. The first-order valence-electron chi connectivity index (χ1n) is 7.92. The Kier molecular flexibility index (Phi) is 6.29. The Balaban J connectivity index is 2.13. The number of hydrogen-bond donors (Lipinski definition) is 1. The molecule has 2 aromatic carbocycles. The Labute approximate surface area is 140 Å². The quantitative estimate of drug-likeness (QED) is 0.769. The van der Waals surface area contributed by atoms with E-state index in [4.69, 9.17) is 0 Å². The maximum Gasteiger partial charge on any atom is 0.387 e. The third kappa shape index (κ3) is 4.78. The Hall–Kier alpha value is -2.43. The van der Waals surface area contributed by atoms with E-state index in [-0.39, 0.29) is 23.5 Å². The number of rotatable bonds is 7. The fourth-order valence-corrected chi connectivity index (χ4v) is 2.57. The minimum absolute atomic E-state index is 0.0598.